The zero-order valence-corrected chi connectivity index (χ0v) is 17.6. The predicted octanol–water partition coefficient (Wildman–Crippen LogP) is 3.21. The van der Waals surface area contributed by atoms with Crippen molar-refractivity contribution < 1.29 is 23.0 Å². The van der Waals surface area contributed by atoms with Crippen molar-refractivity contribution in [1.29, 1.82) is 0 Å². The third-order valence-corrected chi connectivity index (χ3v) is 6.88. The number of aliphatic hydroxyl groups is 1. The second-order valence-corrected chi connectivity index (χ2v) is 9.50. The number of anilines is 1. The summed E-state index contributed by atoms with van der Waals surface area (Å²) in [7, 11) is 0. The van der Waals surface area contributed by atoms with Gasteiger partial charge in [0.2, 0.25) is 0 Å². The van der Waals surface area contributed by atoms with Gasteiger partial charge in [0.15, 0.2) is 5.82 Å². The fraction of sp³-hybridized carbons (Fsp3) is 0.636. The van der Waals surface area contributed by atoms with Crippen LogP contribution in [0.25, 0.3) is 10.9 Å². The number of hydrogen-bond donors (Lipinski definition) is 1. The predicted molar refractivity (Wildman–Crippen MR) is 110 cm³/mol. The number of aromatic nitrogens is 2. The summed E-state index contributed by atoms with van der Waals surface area (Å²) in [5, 5.41) is 10.8. The summed E-state index contributed by atoms with van der Waals surface area (Å²) in [6.07, 6.45) is 2.71. The van der Waals surface area contributed by atoms with E-state index in [0.29, 0.717) is 31.7 Å². The van der Waals surface area contributed by atoms with E-state index in [0.717, 1.165) is 31.9 Å². The molecule has 1 aromatic carbocycles. The third kappa shape index (κ3) is 3.82. The Morgan fingerprint density at radius 2 is 2.00 bits per heavy atom. The molecule has 2 aromatic rings. The maximum atomic E-state index is 14.6. The Bertz CT molecular complexity index is 1000. The summed E-state index contributed by atoms with van der Waals surface area (Å²) in [5.74, 6) is -1.17. The van der Waals surface area contributed by atoms with Crippen molar-refractivity contribution in [2.75, 3.05) is 37.7 Å². The van der Waals surface area contributed by atoms with Gasteiger partial charge in [-0.15, -0.1) is 0 Å². The van der Waals surface area contributed by atoms with Gasteiger partial charge < -0.3 is 14.7 Å². The van der Waals surface area contributed by atoms with Crippen molar-refractivity contribution in [3.63, 3.8) is 0 Å². The monoisotopic (exact) mass is 436 g/mol. The molecule has 168 valence electrons. The van der Waals surface area contributed by atoms with E-state index < -0.39 is 23.4 Å². The summed E-state index contributed by atoms with van der Waals surface area (Å²) in [6.45, 7) is 4.09. The summed E-state index contributed by atoms with van der Waals surface area (Å²) in [6, 6.07) is 1.99. The van der Waals surface area contributed by atoms with Crippen molar-refractivity contribution in [1.82, 2.24) is 14.9 Å². The van der Waals surface area contributed by atoms with E-state index in [1.54, 1.807) is 6.92 Å². The molecule has 1 aromatic heterocycles. The van der Waals surface area contributed by atoms with E-state index in [9.17, 15) is 18.3 Å². The number of halogens is 3. The molecule has 31 heavy (non-hydrogen) atoms. The SMILES string of the molecule is C[C@@]1(O)CCCN(c2nc(OC[C@@]34CCCN3C[C@H](F)C4)nc3c(F)cc(F)cc23)C1. The van der Waals surface area contributed by atoms with Crippen LogP contribution in [0.15, 0.2) is 12.1 Å². The molecule has 3 atom stereocenters. The first-order valence-electron chi connectivity index (χ1n) is 10.9. The van der Waals surface area contributed by atoms with E-state index >= 15 is 0 Å². The van der Waals surface area contributed by atoms with Gasteiger partial charge in [0.25, 0.3) is 0 Å². The summed E-state index contributed by atoms with van der Waals surface area (Å²) in [5.41, 5.74) is -1.33. The average Bonchev–Trinajstić information content (AvgIpc) is 3.21. The first-order chi connectivity index (χ1) is 14.7. The smallest absolute Gasteiger partial charge is 0.319 e. The van der Waals surface area contributed by atoms with Crippen LogP contribution < -0.4 is 9.64 Å². The van der Waals surface area contributed by atoms with Gasteiger partial charge in [-0.3, -0.25) is 4.90 Å². The minimum absolute atomic E-state index is 0.0123. The van der Waals surface area contributed by atoms with Crippen LogP contribution in [0.4, 0.5) is 19.0 Å². The lowest BCUT2D eigenvalue weighted by Gasteiger charge is -2.38. The van der Waals surface area contributed by atoms with Gasteiger partial charge in [0.1, 0.15) is 29.9 Å². The van der Waals surface area contributed by atoms with Gasteiger partial charge in [-0.25, -0.2) is 13.2 Å². The average molecular weight is 436 g/mol. The first-order valence-corrected chi connectivity index (χ1v) is 10.9. The molecule has 3 fully saturated rings. The fourth-order valence-corrected chi connectivity index (χ4v) is 5.48. The van der Waals surface area contributed by atoms with Crippen molar-refractivity contribution in [3.8, 4) is 6.01 Å². The maximum absolute atomic E-state index is 14.6. The minimum atomic E-state index is -0.925. The van der Waals surface area contributed by atoms with Crippen LogP contribution in [-0.4, -0.2) is 70.1 Å². The standard InChI is InChI=1S/C22H27F3N4O2/c1-21(30)4-2-6-28(12-21)19-16-8-14(23)9-17(25)18(16)26-20(27-19)31-13-22-5-3-7-29(22)11-15(24)10-22/h8-9,15,30H,2-7,10-13H2,1H3/t15-,21-,22+/m1/s1. The molecule has 6 nitrogen and oxygen atoms in total. The molecule has 0 radical (unpaired) electrons. The number of hydrogen-bond acceptors (Lipinski definition) is 6. The molecule has 0 amide bonds. The van der Waals surface area contributed by atoms with E-state index in [1.165, 1.54) is 6.07 Å². The number of piperidine rings is 1. The first kappa shape index (κ1) is 20.8. The number of rotatable bonds is 4. The quantitative estimate of drug-likeness (QED) is 0.794. The van der Waals surface area contributed by atoms with Gasteiger partial charge in [0, 0.05) is 37.5 Å². The summed E-state index contributed by atoms with van der Waals surface area (Å²) in [4.78, 5) is 12.7. The molecule has 0 spiro atoms. The molecular formula is C22H27F3N4O2. The van der Waals surface area contributed by atoms with Crippen molar-refractivity contribution in [3.05, 3.63) is 23.8 Å². The topological polar surface area (TPSA) is 61.7 Å². The van der Waals surface area contributed by atoms with Crippen LogP contribution in [0.1, 0.15) is 39.0 Å². The zero-order chi connectivity index (χ0) is 21.8. The highest BCUT2D eigenvalue weighted by molar-refractivity contribution is 5.90. The van der Waals surface area contributed by atoms with Crippen LogP contribution in [0.3, 0.4) is 0 Å². The maximum Gasteiger partial charge on any atom is 0.319 e. The molecule has 0 saturated carbocycles. The van der Waals surface area contributed by atoms with Gasteiger partial charge in [0.05, 0.1) is 11.1 Å². The van der Waals surface area contributed by atoms with Crippen LogP contribution in [-0.2, 0) is 0 Å². The number of ether oxygens (including phenoxy) is 1. The molecule has 1 N–H and O–H groups in total. The lowest BCUT2D eigenvalue weighted by molar-refractivity contribution is 0.0447. The Balaban J connectivity index is 1.50. The number of β-amino-alcohol motifs (C(OH)–C–C–N with tert-alkyl or cyclic N) is 1. The Morgan fingerprint density at radius 3 is 2.81 bits per heavy atom. The molecule has 9 heteroatoms. The normalized spacial score (nSPS) is 31.4. The Labute approximate surface area is 179 Å². The lowest BCUT2D eigenvalue weighted by Crippen LogP contribution is -2.46. The molecule has 0 bridgehead atoms. The van der Waals surface area contributed by atoms with Gasteiger partial charge in [-0.1, -0.05) is 0 Å². The molecule has 5 rings (SSSR count). The van der Waals surface area contributed by atoms with Crippen LogP contribution in [0.2, 0.25) is 0 Å². The third-order valence-electron chi connectivity index (χ3n) is 6.88. The largest absolute Gasteiger partial charge is 0.461 e. The lowest BCUT2D eigenvalue weighted by atomic mass is 9.95. The molecular weight excluding hydrogens is 409 g/mol. The molecule has 3 aliphatic heterocycles. The summed E-state index contributed by atoms with van der Waals surface area (Å²) < 4.78 is 48.6. The number of fused-ring (bicyclic) bond motifs is 2. The molecule has 0 aliphatic carbocycles. The van der Waals surface area contributed by atoms with Crippen molar-refractivity contribution in [2.45, 2.75) is 56.3 Å². The summed E-state index contributed by atoms with van der Waals surface area (Å²) >= 11 is 0. The van der Waals surface area contributed by atoms with E-state index in [-0.39, 0.29) is 35.6 Å². The van der Waals surface area contributed by atoms with Crippen molar-refractivity contribution in [2.24, 2.45) is 0 Å². The van der Waals surface area contributed by atoms with E-state index in [2.05, 4.69) is 14.9 Å². The Hall–Kier alpha value is -2.13. The highest BCUT2D eigenvalue weighted by Crippen LogP contribution is 2.40. The molecule has 3 aliphatic rings. The fourth-order valence-electron chi connectivity index (χ4n) is 5.48. The highest BCUT2D eigenvalue weighted by atomic mass is 19.1. The molecule has 4 heterocycles. The van der Waals surface area contributed by atoms with Crippen LogP contribution in [0, 0.1) is 11.6 Å². The van der Waals surface area contributed by atoms with Gasteiger partial charge >= 0.3 is 6.01 Å². The Kier molecular flexibility index (Phi) is 5.01. The second-order valence-electron chi connectivity index (χ2n) is 9.50. The number of alkyl halides is 1. The van der Waals surface area contributed by atoms with Gasteiger partial charge in [-0.2, -0.15) is 9.97 Å². The number of nitrogens with zero attached hydrogens (tertiary/aromatic N) is 4. The van der Waals surface area contributed by atoms with E-state index in [1.807, 2.05) is 4.90 Å². The Morgan fingerprint density at radius 1 is 1.19 bits per heavy atom. The number of benzene rings is 1. The van der Waals surface area contributed by atoms with Crippen molar-refractivity contribution >= 4 is 16.7 Å². The second kappa shape index (κ2) is 7.48. The molecule has 3 saturated heterocycles. The highest BCUT2D eigenvalue weighted by Gasteiger charge is 2.49. The minimum Gasteiger partial charge on any atom is -0.461 e. The van der Waals surface area contributed by atoms with Gasteiger partial charge in [-0.05, 0) is 45.2 Å². The van der Waals surface area contributed by atoms with Crippen LogP contribution in [0.5, 0.6) is 6.01 Å². The van der Waals surface area contributed by atoms with E-state index in [4.69, 9.17) is 4.74 Å². The zero-order valence-electron chi connectivity index (χ0n) is 17.6. The molecule has 0 unspecified atom stereocenters. The van der Waals surface area contributed by atoms with Crippen LogP contribution >= 0.6 is 0 Å².